The number of pyridine rings is 1. The van der Waals surface area contributed by atoms with E-state index >= 15 is 0 Å². The summed E-state index contributed by atoms with van der Waals surface area (Å²) in [5, 5.41) is 4.58. The summed E-state index contributed by atoms with van der Waals surface area (Å²) >= 11 is 1.87. The molecule has 2 aromatic rings. The van der Waals surface area contributed by atoms with Crippen LogP contribution in [0.25, 0.3) is 10.9 Å². The van der Waals surface area contributed by atoms with E-state index < -0.39 is 0 Å². The van der Waals surface area contributed by atoms with E-state index in [1.807, 2.05) is 23.9 Å². The molecule has 1 heterocycles. The number of thioether (sulfide) groups is 1. The molecule has 0 aliphatic rings. The minimum absolute atomic E-state index is 0.245. The van der Waals surface area contributed by atoms with Gasteiger partial charge in [-0.3, -0.25) is 0 Å². The van der Waals surface area contributed by atoms with Gasteiger partial charge in [-0.2, -0.15) is 11.8 Å². The molecule has 0 spiro atoms. The smallest absolute Gasteiger partial charge is 0.145 e. The van der Waals surface area contributed by atoms with Crippen LogP contribution in [0.15, 0.2) is 30.3 Å². The number of hydrogen-bond donors (Lipinski definition) is 1. The quantitative estimate of drug-likeness (QED) is 0.883. The van der Waals surface area contributed by atoms with Gasteiger partial charge in [0.2, 0.25) is 0 Å². The van der Waals surface area contributed by atoms with E-state index in [-0.39, 0.29) is 4.75 Å². The van der Waals surface area contributed by atoms with Crippen molar-refractivity contribution in [3.8, 4) is 5.75 Å². The van der Waals surface area contributed by atoms with Gasteiger partial charge in [0.15, 0.2) is 0 Å². The molecule has 0 aliphatic heterocycles. The van der Waals surface area contributed by atoms with Crippen molar-refractivity contribution in [3.05, 3.63) is 36.0 Å². The van der Waals surface area contributed by atoms with Crippen LogP contribution in [-0.4, -0.2) is 29.6 Å². The fraction of sp³-hybridized carbons (Fsp3) is 0.438. The van der Waals surface area contributed by atoms with Crippen LogP contribution < -0.4 is 10.1 Å². The summed E-state index contributed by atoms with van der Waals surface area (Å²) in [6.07, 6.45) is 2.14. The normalized spacial score (nSPS) is 11.8. The Labute approximate surface area is 125 Å². The standard InChI is InChI=1S/C16H22N2OS/c1-16(2,20-4)11-17-10-13-9-8-12-6-5-7-14(19-3)15(12)18-13/h5-9,17H,10-11H2,1-4H3. The number of ether oxygens (including phenoxy) is 1. The van der Waals surface area contributed by atoms with Crippen molar-refractivity contribution in [1.29, 1.82) is 0 Å². The van der Waals surface area contributed by atoms with Crippen molar-refractivity contribution in [2.24, 2.45) is 0 Å². The van der Waals surface area contributed by atoms with Gasteiger partial charge in [-0.05, 0) is 32.2 Å². The summed E-state index contributed by atoms with van der Waals surface area (Å²) < 4.78 is 5.62. The number of aromatic nitrogens is 1. The minimum atomic E-state index is 0.245. The van der Waals surface area contributed by atoms with E-state index in [0.717, 1.165) is 35.4 Å². The second-order valence-electron chi connectivity index (χ2n) is 5.40. The highest BCUT2D eigenvalue weighted by Gasteiger charge is 2.15. The van der Waals surface area contributed by atoms with Crippen LogP contribution in [0.3, 0.4) is 0 Å². The van der Waals surface area contributed by atoms with Crippen LogP contribution in [0.2, 0.25) is 0 Å². The Morgan fingerprint density at radius 1 is 1.25 bits per heavy atom. The van der Waals surface area contributed by atoms with Gasteiger partial charge in [0.1, 0.15) is 11.3 Å². The fourth-order valence-electron chi connectivity index (χ4n) is 1.99. The molecule has 0 atom stereocenters. The summed E-state index contributed by atoms with van der Waals surface area (Å²) in [4.78, 5) is 4.70. The second kappa shape index (κ2) is 6.46. The lowest BCUT2D eigenvalue weighted by Crippen LogP contribution is -2.31. The molecule has 0 unspecified atom stereocenters. The Morgan fingerprint density at radius 3 is 2.75 bits per heavy atom. The first-order valence-corrected chi connectivity index (χ1v) is 7.97. The molecule has 0 radical (unpaired) electrons. The van der Waals surface area contributed by atoms with Gasteiger partial charge in [-0.25, -0.2) is 4.98 Å². The molecule has 1 N–H and O–H groups in total. The maximum Gasteiger partial charge on any atom is 0.145 e. The number of methoxy groups -OCH3 is 1. The Kier molecular flexibility index (Phi) is 4.89. The fourth-order valence-corrected chi connectivity index (χ4v) is 2.23. The summed E-state index contributed by atoms with van der Waals surface area (Å²) in [7, 11) is 1.68. The van der Waals surface area contributed by atoms with Crippen molar-refractivity contribution in [2.45, 2.75) is 25.1 Å². The van der Waals surface area contributed by atoms with Crippen LogP contribution >= 0.6 is 11.8 Å². The summed E-state index contributed by atoms with van der Waals surface area (Å²) in [5.74, 6) is 0.828. The lowest BCUT2D eigenvalue weighted by Gasteiger charge is -2.22. The van der Waals surface area contributed by atoms with Crippen molar-refractivity contribution >= 4 is 22.7 Å². The first-order valence-electron chi connectivity index (χ1n) is 6.74. The average Bonchev–Trinajstić information content (AvgIpc) is 2.46. The molecule has 0 amide bonds. The zero-order valence-corrected chi connectivity index (χ0v) is 13.4. The molecular weight excluding hydrogens is 268 g/mol. The summed E-state index contributed by atoms with van der Waals surface area (Å²) in [5.41, 5.74) is 1.97. The Morgan fingerprint density at radius 2 is 2.05 bits per heavy atom. The van der Waals surface area contributed by atoms with E-state index in [4.69, 9.17) is 9.72 Å². The molecule has 0 saturated heterocycles. The highest BCUT2D eigenvalue weighted by molar-refractivity contribution is 7.99. The number of benzene rings is 1. The number of nitrogens with one attached hydrogen (secondary N) is 1. The van der Waals surface area contributed by atoms with Crippen molar-refractivity contribution in [3.63, 3.8) is 0 Å². The SMILES string of the molecule is COc1cccc2ccc(CNCC(C)(C)SC)nc12. The molecule has 1 aromatic carbocycles. The largest absolute Gasteiger partial charge is 0.494 e. The number of rotatable bonds is 6. The molecule has 20 heavy (non-hydrogen) atoms. The number of nitrogens with zero attached hydrogens (tertiary/aromatic N) is 1. The lowest BCUT2D eigenvalue weighted by atomic mass is 10.2. The third kappa shape index (κ3) is 3.64. The number of hydrogen-bond acceptors (Lipinski definition) is 4. The second-order valence-corrected chi connectivity index (χ2v) is 6.92. The van der Waals surface area contributed by atoms with Gasteiger partial charge >= 0.3 is 0 Å². The van der Waals surface area contributed by atoms with Crippen molar-refractivity contribution in [1.82, 2.24) is 10.3 Å². The molecular formula is C16H22N2OS. The molecule has 0 bridgehead atoms. The summed E-state index contributed by atoms with van der Waals surface area (Å²) in [6.45, 7) is 6.21. The van der Waals surface area contributed by atoms with E-state index in [2.05, 4.69) is 43.6 Å². The highest BCUT2D eigenvalue weighted by atomic mass is 32.2. The van der Waals surface area contributed by atoms with Crippen LogP contribution in [-0.2, 0) is 6.54 Å². The third-order valence-corrected chi connectivity index (χ3v) is 4.62. The lowest BCUT2D eigenvalue weighted by molar-refractivity contribution is 0.418. The van der Waals surface area contributed by atoms with Gasteiger partial charge in [-0.15, -0.1) is 0 Å². The zero-order chi connectivity index (χ0) is 14.6. The van der Waals surface area contributed by atoms with Crippen LogP contribution in [0.1, 0.15) is 19.5 Å². The average molecular weight is 290 g/mol. The Bertz CT molecular complexity index is 584. The van der Waals surface area contributed by atoms with Gasteiger partial charge in [0.05, 0.1) is 12.8 Å². The predicted molar refractivity (Wildman–Crippen MR) is 87.6 cm³/mol. The van der Waals surface area contributed by atoms with Gasteiger partial charge in [0.25, 0.3) is 0 Å². The topological polar surface area (TPSA) is 34.1 Å². The molecule has 3 nitrogen and oxygen atoms in total. The van der Waals surface area contributed by atoms with Crippen LogP contribution in [0, 0.1) is 0 Å². The maximum absolute atomic E-state index is 5.37. The first kappa shape index (κ1) is 15.1. The van der Waals surface area contributed by atoms with Crippen molar-refractivity contribution < 1.29 is 4.74 Å². The van der Waals surface area contributed by atoms with Crippen LogP contribution in [0.4, 0.5) is 0 Å². The number of fused-ring (bicyclic) bond motifs is 1. The van der Waals surface area contributed by atoms with E-state index in [0.29, 0.717) is 0 Å². The maximum atomic E-state index is 5.37. The summed E-state index contributed by atoms with van der Waals surface area (Å²) in [6, 6.07) is 10.2. The molecule has 0 fully saturated rings. The predicted octanol–water partition coefficient (Wildman–Crippen LogP) is 3.47. The zero-order valence-electron chi connectivity index (χ0n) is 12.6. The molecule has 0 aliphatic carbocycles. The molecule has 0 saturated carbocycles. The minimum Gasteiger partial charge on any atom is -0.494 e. The highest BCUT2D eigenvalue weighted by Crippen LogP contribution is 2.23. The van der Waals surface area contributed by atoms with Crippen LogP contribution in [0.5, 0.6) is 5.75 Å². The number of para-hydroxylation sites is 1. The molecule has 2 rings (SSSR count). The Hall–Kier alpha value is -1.26. The first-order chi connectivity index (χ1) is 9.55. The monoisotopic (exact) mass is 290 g/mol. The van der Waals surface area contributed by atoms with E-state index in [9.17, 15) is 0 Å². The van der Waals surface area contributed by atoms with Gasteiger partial charge in [-0.1, -0.05) is 18.2 Å². The third-order valence-electron chi connectivity index (χ3n) is 3.37. The molecule has 108 valence electrons. The van der Waals surface area contributed by atoms with Crippen molar-refractivity contribution in [2.75, 3.05) is 19.9 Å². The van der Waals surface area contributed by atoms with Gasteiger partial charge < -0.3 is 10.1 Å². The molecule has 4 heteroatoms. The Balaban J connectivity index is 2.12. The molecule has 1 aromatic heterocycles. The van der Waals surface area contributed by atoms with E-state index in [1.54, 1.807) is 7.11 Å². The van der Waals surface area contributed by atoms with Gasteiger partial charge in [0, 0.05) is 23.2 Å². The van der Waals surface area contributed by atoms with E-state index in [1.165, 1.54) is 0 Å².